The number of unbranched alkanes of at least 4 members (excludes halogenated alkanes) is 9. The van der Waals surface area contributed by atoms with E-state index in [0.29, 0.717) is 25.7 Å². The number of rotatable bonds is 25. The minimum atomic E-state index is -1.09. The maximum Gasteiger partial charge on any atom is 0.362 e. The minimum Gasteiger partial charge on any atom is -0.477 e. The van der Waals surface area contributed by atoms with Gasteiger partial charge in [0, 0.05) is 19.3 Å². The van der Waals surface area contributed by atoms with Gasteiger partial charge < -0.3 is 15.3 Å². The summed E-state index contributed by atoms with van der Waals surface area (Å²) < 4.78 is -0.373. The third-order valence-corrected chi connectivity index (χ3v) is 7.60. The Morgan fingerprint density at radius 3 is 1.24 bits per heavy atom. The Labute approximate surface area is 225 Å². The fourth-order valence-corrected chi connectivity index (χ4v) is 5.82. The van der Waals surface area contributed by atoms with E-state index < -0.39 is 36.0 Å². The standard InChI is InChI=1S/C30H55NO6/c1-5-9-10-11-12-13-14-15-16-17-18-19-20-24-31(25(21-6-2)28(32)33,26(22-7-3)29(34)35)27(23-8-4)30(36)37/h9-10,25-27H,5-8,11-24H2,1-4H3,(H2-,32,33,34,35,36,37)/p+1/b10-9+. The lowest BCUT2D eigenvalue weighted by Crippen LogP contribution is -2.72. The molecule has 7 heteroatoms. The second-order valence-electron chi connectivity index (χ2n) is 10.5. The number of quaternary nitrogens is 1. The third kappa shape index (κ3) is 12.5. The fraction of sp³-hybridized carbons (Fsp3) is 0.833. The summed E-state index contributed by atoms with van der Waals surface area (Å²) >= 11 is 0. The van der Waals surface area contributed by atoms with Crippen LogP contribution in [0.5, 0.6) is 0 Å². The van der Waals surface area contributed by atoms with Crippen molar-refractivity contribution in [2.75, 3.05) is 6.54 Å². The lowest BCUT2D eigenvalue weighted by Gasteiger charge is -2.50. The smallest absolute Gasteiger partial charge is 0.362 e. The Morgan fingerprint density at radius 1 is 0.568 bits per heavy atom. The van der Waals surface area contributed by atoms with Gasteiger partial charge in [-0.25, -0.2) is 14.4 Å². The Balaban J connectivity index is 5.43. The molecule has 0 saturated heterocycles. The summed E-state index contributed by atoms with van der Waals surface area (Å²) in [6.07, 6.45) is 18.9. The van der Waals surface area contributed by atoms with Crippen LogP contribution in [0.3, 0.4) is 0 Å². The maximum absolute atomic E-state index is 12.5. The van der Waals surface area contributed by atoms with Crippen LogP contribution >= 0.6 is 0 Å². The van der Waals surface area contributed by atoms with Gasteiger partial charge in [0.05, 0.1) is 6.54 Å². The first-order chi connectivity index (χ1) is 17.7. The minimum absolute atomic E-state index is 0.268. The molecule has 3 N–H and O–H groups in total. The molecular formula is C30H56NO6+. The van der Waals surface area contributed by atoms with Gasteiger partial charge in [-0.05, 0) is 51.4 Å². The van der Waals surface area contributed by atoms with Gasteiger partial charge in [0.15, 0.2) is 18.1 Å². The van der Waals surface area contributed by atoms with Gasteiger partial charge in [-0.15, -0.1) is 0 Å². The fourth-order valence-electron chi connectivity index (χ4n) is 5.82. The first kappa shape index (κ1) is 35.1. The van der Waals surface area contributed by atoms with E-state index in [1.807, 2.05) is 20.8 Å². The molecule has 37 heavy (non-hydrogen) atoms. The summed E-state index contributed by atoms with van der Waals surface area (Å²) in [7, 11) is 0. The monoisotopic (exact) mass is 526 g/mol. The lowest BCUT2D eigenvalue weighted by atomic mass is 9.91. The number of hydrogen-bond acceptors (Lipinski definition) is 3. The summed E-state index contributed by atoms with van der Waals surface area (Å²) in [4.78, 5) is 37.6. The van der Waals surface area contributed by atoms with Crippen LogP contribution in [-0.4, -0.2) is 62.4 Å². The first-order valence-corrected chi connectivity index (χ1v) is 14.9. The van der Waals surface area contributed by atoms with Crippen LogP contribution in [0.25, 0.3) is 0 Å². The highest BCUT2D eigenvalue weighted by molar-refractivity contribution is 5.78. The average Bonchev–Trinajstić information content (AvgIpc) is 2.85. The van der Waals surface area contributed by atoms with Crippen molar-refractivity contribution in [2.45, 2.75) is 155 Å². The maximum atomic E-state index is 12.5. The SMILES string of the molecule is CC/C=C/CCCCCCCCCCC[N+](C(CCC)C(=O)O)(C(CCC)C(=O)O)C(CCC)C(=O)O. The zero-order valence-corrected chi connectivity index (χ0v) is 24.1. The van der Waals surface area contributed by atoms with E-state index in [-0.39, 0.29) is 30.3 Å². The molecule has 0 fully saturated rings. The highest BCUT2D eigenvalue weighted by atomic mass is 16.4. The van der Waals surface area contributed by atoms with Crippen molar-refractivity contribution in [1.82, 2.24) is 0 Å². The number of carboxylic acids is 3. The van der Waals surface area contributed by atoms with Gasteiger partial charge in [-0.1, -0.05) is 78.4 Å². The molecule has 0 amide bonds. The van der Waals surface area contributed by atoms with Crippen molar-refractivity contribution in [3.05, 3.63) is 12.2 Å². The van der Waals surface area contributed by atoms with Crippen LogP contribution in [0, 0.1) is 0 Å². The molecule has 0 saturated carbocycles. The Bertz CT molecular complexity index is 603. The topological polar surface area (TPSA) is 112 Å². The molecule has 0 spiro atoms. The molecule has 3 unspecified atom stereocenters. The van der Waals surface area contributed by atoms with E-state index in [2.05, 4.69) is 19.1 Å². The van der Waals surface area contributed by atoms with Gasteiger partial charge in [-0.2, -0.15) is 0 Å². The molecule has 0 rings (SSSR count). The van der Waals surface area contributed by atoms with Crippen molar-refractivity contribution in [3.8, 4) is 0 Å². The summed E-state index contributed by atoms with van der Waals surface area (Å²) in [5.74, 6) is -3.26. The van der Waals surface area contributed by atoms with Gasteiger partial charge in [0.2, 0.25) is 0 Å². The van der Waals surface area contributed by atoms with Crippen molar-refractivity contribution >= 4 is 17.9 Å². The number of aliphatic carboxylic acids is 3. The summed E-state index contributed by atoms with van der Waals surface area (Å²) in [5, 5.41) is 30.7. The molecule has 0 aliphatic rings. The van der Waals surface area contributed by atoms with Crippen LogP contribution in [0.1, 0.15) is 137 Å². The van der Waals surface area contributed by atoms with Crippen LogP contribution in [0.2, 0.25) is 0 Å². The molecule has 0 radical (unpaired) electrons. The second kappa shape index (κ2) is 21.1. The molecule has 0 aliphatic heterocycles. The summed E-state index contributed by atoms with van der Waals surface area (Å²) in [6, 6.07) is -3.13. The normalized spacial score (nSPS) is 15.8. The van der Waals surface area contributed by atoms with Crippen LogP contribution in [-0.2, 0) is 14.4 Å². The molecule has 0 aromatic carbocycles. The van der Waals surface area contributed by atoms with E-state index in [4.69, 9.17) is 0 Å². The molecule has 3 atom stereocenters. The predicted octanol–water partition coefficient (Wildman–Crippen LogP) is 7.43. The number of hydrogen-bond donors (Lipinski definition) is 3. The van der Waals surface area contributed by atoms with E-state index in [0.717, 1.165) is 32.1 Å². The molecule has 0 aliphatic carbocycles. The second-order valence-corrected chi connectivity index (χ2v) is 10.5. The van der Waals surface area contributed by atoms with Crippen molar-refractivity contribution in [1.29, 1.82) is 0 Å². The summed E-state index contributed by atoms with van der Waals surface area (Å²) in [5.41, 5.74) is 0. The van der Waals surface area contributed by atoms with Crippen molar-refractivity contribution < 1.29 is 34.2 Å². The number of nitrogens with zero attached hydrogens (tertiary/aromatic N) is 1. The number of carboxylic acid groups (broad SMARTS) is 3. The highest BCUT2D eigenvalue weighted by Gasteiger charge is 2.56. The molecule has 7 nitrogen and oxygen atoms in total. The zero-order chi connectivity index (χ0) is 28.1. The molecule has 0 bridgehead atoms. The van der Waals surface area contributed by atoms with E-state index in [1.165, 1.54) is 32.1 Å². The third-order valence-electron chi connectivity index (χ3n) is 7.60. The van der Waals surface area contributed by atoms with E-state index >= 15 is 0 Å². The van der Waals surface area contributed by atoms with Gasteiger partial charge in [-0.3, -0.25) is 4.48 Å². The van der Waals surface area contributed by atoms with Crippen LogP contribution in [0.15, 0.2) is 12.2 Å². The summed E-state index contributed by atoms with van der Waals surface area (Å²) in [6.45, 7) is 8.04. The first-order valence-electron chi connectivity index (χ1n) is 14.9. The Kier molecular flexibility index (Phi) is 20.0. The number of allylic oxidation sites excluding steroid dienone is 2. The predicted molar refractivity (Wildman–Crippen MR) is 150 cm³/mol. The van der Waals surface area contributed by atoms with Crippen molar-refractivity contribution in [2.24, 2.45) is 0 Å². The van der Waals surface area contributed by atoms with E-state index in [1.54, 1.807) is 0 Å². The zero-order valence-electron chi connectivity index (χ0n) is 24.1. The largest absolute Gasteiger partial charge is 0.477 e. The average molecular weight is 527 g/mol. The van der Waals surface area contributed by atoms with Gasteiger partial charge in [0.1, 0.15) is 0 Å². The molecule has 0 aromatic heterocycles. The number of carbonyl (C=O) groups is 3. The molecular weight excluding hydrogens is 470 g/mol. The van der Waals surface area contributed by atoms with Gasteiger partial charge in [0.25, 0.3) is 0 Å². The Hall–Kier alpha value is -1.89. The van der Waals surface area contributed by atoms with Crippen LogP contribution in [0.4, 0.5) is 0 Å². The van der Waals surface area contributed by atoms with Crippen molar-refractivity contribution in [3.63, 3.8) is 0 Å². The Morgan fingerprint density at radius 2 is 0.919 bits per heavy atom. The quantitative estimate of drug-likeness (QED) is 0.0648. The highest BCUT2D eigenvalue weighted by Crippen LogP contribution is 2.34. The molecule has 0 heterocycles. The molecule has 0 aromatic rings. The van der Waals surface area contributed by atoms with E-state index in [9.17, 15) is 29.7 Å². The van der Waals surface area contributed by atoms with Crippen LogP contribution < -0.4 is 0 Å². The molecule has 216 valence electrons. The van der Waals surface area contributed by atoms with Gasteiger partial charge >= 0.3 is 17.9 Å². The lowest BCUT2D eigenvalue weighted by molar-refractivity contribution is -0.973.